The number of carbonyl (C=O) groups excluding carboxylic acids is 1. The largest absolute Gasteiger partial charge is 0.324 e. The lowest BCUT2D eigenvalue weighted by molar-refractivity contribution is -0.116. The molecular formula is C17H13N5O. The van der Waals surface area contributed by atoms with Crippen molar-refractivity contribution in [3.05, 3.63) is 60.8 Å². The highest BCUT2D eigenvalue weighted by Crippen LogP contribution is 2.21. The molecule has 0 saturated carbocycles. The SMILES string of the molecule is O=C(Cn1nnc2ccccc21)Nc1cccc2ncccc12. The number of anilines is 1. The zero-order valence-electron chi connectivity index (χ0n) is 12.2. The molecule has 2 heterocycles. The van der Waals surface area contributed by atoms with Crippen LogP contribution in [0.1, 0.15) is 0 Å². The summed E-state index contributed by atoms with van der Waals surface area (Å²) in [5.74, 6) is -0.156. The van der Waals surface area contributed by atoms with Crippen LogP contribution in [0.25, 0.3) is 21.9 Å². The van der Waals surface area contributed by atoms with Gasteiger partial charge in [0.15, 0.2) is 0 Å². The molecule has 0 radical (unpaired) electrons. The van der Waals surface area contributed by atoms with Crippen molar-refractivity contribution in [3.8, 4) is 0 Å². The Hall–Kier alpha value is -3.28. The second kappa shape index (κ2) is 5.49. The number of amides is 1. The van der Waals surface area contributed by atoms with Crippen molar-refractivity contribution < 1.29 is 4.79 Å². The molecule has 1 N–H and O–H groups in total. The fourth-order valence-corrected chi connectivity index (χ4v) is 2.57. The maximum Gasteiger partial charge on any atom is 0.246 e. The fourth-order valence-electron chi connectivity index (χ4n) is 2.57. The summed E-state index contributed by atoms with van der Waals surface area (Å²) in [6.45, 7) is 0.108. The van der Waals surface area contributed by atoms with E-state index in [4.69, 9.17) is 0 Å². The van der Waals surface area contributed by atoms with E-state index in [0.717, 1.165) is 27.6 Å². The van der Waals surface area contributed by atoms with Gasteiger partial charge in [-0.25, -0.2) is 4.68 Å². The van der Waals surface area contributed by atoms with Crippen LogP contribution in [0.3, 0.4) is 0 Å². The molecule has 0 aliphatic heterocycles. The topological polar surface area (TPSA) is 72.7 Å². The normalized spacial score (nSPS) is 11.0. The van der Waals surface area contributed by atoms with E-state index < -0.39 is 0 Å². The highest BCUT2D eigenvalue weighted by molar-refractivity contribution is 6.01. The van der Waals surface area contributed by atoms with Crippen LogP contribution >= 0.6 is 0 Å². The smallest absolute Gasteiger partial charge is 0.246 e. The number of carbonyl (C=O) groups is 1. The van der Waals surface area contributed by atoms with Gasteiger partial charge < -0.3 is 5.32 Å². The van der Waals surface area contributed by atoms with Crippen LogP contribution in [-0.2, 0) is 11.3 Å². The van der Waals surface area contributed by atoms with Gasteiger partial charge in [-0.05, 0) is 36.4 Å². The van der Waals surface area contributed by atoms with E-state index in [0.29, 0.717) is 0 Å². The van der Waals surface area contributed by atoms with E-state index in [1.54, 1.807) is 10.9 Å². The number of para-hydroxylation sites is 1. The summed E-state index contributed by atoms with van der Waals surface area (Å²) in [6, 6.07) is 17.0. The van der Waals surface area contributed by atoms with Gasteiger partial charge in [0.05, 0.1) is 16.7 Å². The van der Waals surface area contributed by atoms with E-state index in [-0.39, 0.29) is 12.5 Å². The summed E-state index contributed by atoms with van der Waals surface area (Å²) in [5.41, 5.74) is 3.19. The number of benzene rings is 2. The Kier molecular flexibility index (Phi) is 3.20. The first-order chi connectivity index (χ1) is 11.3. The molecule has 1 amide bonds. The van der Waals surface area contributed by atoms with Crippen LogP contribution in [0.4, 0.5) is 5.69 Å². The zero-order chi connectivity index (χ0) is 15.6. The molecule has 0 aliphatic rings. The molecule has 2 aromatic heterocycles. The minimum absolute atomic E-state index is 0.108. The zero-order valence-corrected chi connectivity index (χ0v) is 12.2. The van der Waals surface area contributed by atoms with Gasteiger partial charge in [-0.2, -0.15) is 0 Å². The molecule has 4 rings (SSSR count). The Morgan fingerprint density at radius 1 is 1.00 bits per heavy atom. The lowest BCUT2D eigenvalue weighted by Gasteiger charge is -2.08. The Labute approximate surface area is 131 Å². The maximum absolute atomic E-state index is 12.3. The molecule has 0 fully saturated rings. The minimum Gasteiger partial charge on any atom is -0.324 e. The van der Waals surface area contributed by atoms with Crippen LogP contribution in [0, 0.1) is 0 Å². The molecule has 0 spiro atoms. The summed E-state index contributed by atoms with van der Waals surface area (Å²) < 4.78 is 1.59. The molecular weight excluding hydrogens is 290 g/mol. The van der Waals surface area contributed by atoms with Crippen molar-refractivity contribution in [1.82, 2.24) is 20.0 Å². The molecule has 112 valence electrons. The first-order valence-electron chi connectivity index (χ1n) is 7.23. The second-order valence-electron chi connectivity index (χ2n) is 5.16. The number of pyridine rings is 1. The highest BCUT2D eigenvalue weighted by Gasteiger charge is 2.10. The molecule has 0 atom stereocenters. The molecule has 6 nitrogen and oxygen atoms in total. The summed E-state index contributed by atoms with van der Waals surface area (Å²) in [7, 11) is 0. The number of hydrogen-bond donors (Lipinski definition) is 1. The van der Waals surface area contributed by atoms with Gasteiger partial charge in [-0.3, -0.25) is 9.78 Å². The van der Waals surface area contributed by atoms with Crippen LogP contribution in [0.5, 0.6) is 0 Å². The van der Waals surface area contributed by atoms with Gasteiger partial charge in [0, 0.05) is 11.6 Å². The molecule has 4 aromatic rings. The Morgan fingerprint density at radius 2 is 1.87 bits per heavy atom. The van der Waals surface area contributed by atoms with Crippen molar-refractivity contribution >= 4 is 33.5 Å². The van der Waals surface area contributed by atoms with Gasteiger partial charge in [0.25, 0.3) is 0 Å². The average Bonchev–Trinajstić information content (AvgIpc) is 2.98. The Morgan fingerprint density at radius 3 is 2.83 bits per heavy atom. The van der Waals surface area contributed by atoms with Crippen molar-refractivity contribution in [2.45, 2.75) is 6.54 Å². The minimum atomic E-state index is -0.156. The monoisotopic (exact) mass is 303 g/mol. The first-order valence-corrected chi connectivity index (χ1v) is 7.23. The Bertz CT molecular complexity index is 1000. The van der Waals surface area contributed by atoms with E-state index in [1.165, 1.54) is 0 Å². The van der Waals surface area contributed by atoms with E-state index in [2.05, 4.69) is 20.6 Å². The van der Waals surface area contributed by atoms with E-state index >= 15 is 0 Å². The van der Waals surface area contributed by atoms with Gasteiger partial charge in [-0.1, -0.05) is 23.4 Å². The molecule has 0 bridgehead atoms. The van der Waals surface area contributed by atoms with E-state index in [9.17, 15) is 4.79 Å². The summed E-state index contributed by atoms with van der Waals surface area (Å²) in [6.07, 6.45) is 1.73. The summed E-state index contributed by atoms with van der Waals surface area (Å²) in [4.78, 5) is 16.6. The summed E-state index contributed by atoms with van der Waals surface area (Å²) in [5, 5.41) is 11.9. The van der Waals surface area contributed by atoms with Crippen LogP contribution in [0.2, 0.25) is 0 Å². The number of nitrogens with one attached hydrogen (secondary N) is 1. The third-order valence-corrected chi connectivity index (χ3v) is 3.63. The fraction of sp³-hybridized carbons (Fsp3) is 0.0588. The first kappa shape index (κ1) is 13.4. The number of fused-ring (bicyclic) bond motifs is 2. The standard InChI is InChI=1S/C17H13N5O/c23-17(11-22-16-9-2-1-6-15(16)20-21-22)19-14-8-3-7-13-12(14)5-4-10-18-13/h1-10H,11H2,(H,19,23). The van der Waals surface area contributed by atoms with Crippen LogP contribution in [-0.4, -0.2) is 25.9 Å². The van der Waals surface area contributed by atoms with Gasteiger partial charge in [0.1, 0.15) is 12.1 Å². The molecule has 6 heteroatoms. The van der Waals surface area contributed by atoms with Crippen molar-refractivity contribution in [2.75, 3.05) is 5.32 Å². The van der Waals surface area contributed by atoms with Gasteiger partial charge >= 0.3 is 0 Å². The number of nitrogens with zero attached hydrogens (tertiary/aromatic N) is 4. The molecule has 0 unspecified atom stereocenters. The predicted molar refractivity (Wildman–Crippen MR) is 87.9 cm³/mol. The van der Waals surface area contributed by atoms with Crippen LogP contribution < -0.4 is 5.32 Å². The molecule has 0 aliphatic carbocycles. The molecule has 0 saturated heterocycles. The van der Waals surface area contributed by atoms with E-state index in [1.807, 2.05) is 54.6 Å². The third kappa shape index (κ3) is 2.50. The number of hydrogen-bond acceptors (Lipinski definition) is 4. The lowest BCUT2D eigenvalue weighted by atomic mass is 10.2. The van der Waals surface area contributed by atoms with Gasteiger partial charge in [-0.15, -0.1) is 5.10 Å². The molecule has 23 heavy (non-hydrogen) atoms. The van der Waals surface area contributed by atoms with Crippen molar-refractivity contribution in [1.29, 1.82) is 0 Å². The predicted octanol–water partition coefficient (Wildman–Crippen LogP) is 2.62. The third-order valence-electron chi connectivity index (χ3n) is 3.63. The lowest BCUT2D eigenvalue weighted by Crippen LogP contribution is -2.19. The quantitative estimate of drug-likeness (QED) is 0.631. The maximum atomic E-state index is 12.3. The van der Waals surface area contributed by atoms with Gasteiger partial charge in [0.2, 0.25) is 5.91 Å². The van der Waals surface area contributed by atoms with Crippen molar-refractivity contribution in [2.24, 2.45) is 0 Å². The Balaban J connectivity index is 1.60. The second-order valence-corrected chi connectivity index (χ2v) is 5.16. The van der Waals surface area contributed by atoms with Crippen molar-refractivity contribution in [3.63, 3.8) is 0 Å². The highest BCUT2D eigenvalue weighted by atomic mass is 16.2. The summed E-state index contributed by atoms with van der Waals surface area (Å²) >= 11 is 0. The number of aromatic nitrogens is 4. The molecule has 2 aromatic carbocycles. The average molecular weight is 303 g/mol. The number of rotatable bonds is 3. The van der Waals surface area contributed by atoms with Crippen LogP contribution in [0.15, 0.2) is 60.8 Å².